The molecule has 0 spiro atoms. The summed E-state index contributed by atoms with van der Waals surface area (Å²) in [5.41, 5.74) is 1.62. The second-order valence-corrected chi connectivity index (χ2v) is 7.10. The topological polar surface area (TPSA) is 80.0 Å². The van der Waals surface area contributed by atoms with Crippen LogP contribution in [0.25, 0.3) is 11.0 Å². The van der Waals surface area contributed by atoms with E-state index in [0.29, 0.717) is 11.2 Å². The highest BCUT2D eigenvalue weighted by Gasteiger charge is 2.26. The van der Waals surface area contributed by atoms with Gasteiger partial charge in [-0.05, 0) is 38.3 Å². The van der Waals surface area contributed by atoms with Crippen molar-refractivity contribution in [2.24, 2.45) is 7.05 Å². The highest BCUT2D eigenvalue weighted by Crippen LogP contribution is 2.25. The van der Waals surface area contributed by atoms with E-state index in [-0.39, 0.29) is 12.5 Å². The zero-order valence-electron chi connectivity index (χ0n) is 14.1. The third-order valence-electron chi connectivity index (χ3n) is 3.99. The van der Waals surface area contributed by atoms with Crippen molar-refractivity contribution in [1.82, 2.24) is 20.1 Å². The van der Waals surface area contributed by atoms with Gasteiger partial charge in [0.25, 0.3) is 5.91 Å². The van der Waals surface area contributed by atoms with Gasteiger partial charge in [-0.15, -0.1) is 11.3 Å². The van der Waals surface area contributed by atoms with Gasteiger partial charge in [-0.1, -0.05) is 6.07 Å². The molecule has 1 unspecified atom stereocenters. The lowest BCUT2D eigenvalue weighted by Gasteiger charge is -2.22. The summed E-state index contributed by atoms with van der Waals surface area (Å²) in [5, 5.41) is 20.4. The molecule has 7 heteroatoms. The number of rotatable bonds is 4. The molecule has 3 aromatic rings. The maximum Gasteiger partial charge on any atom is 0.252 e. The van der Waals surface area contributed by atoms with Crippen LogP contribution in [0.4, 0.5) is 0 Å². The lowest BCUT2D eigenvalue weighted by atomic mass is 10.0. The van der Waals surface area contributed by atoms with Crippen LogP contribution in [-0.2, 0) is 12.6 Å². The molecule has 0 radical (unpaired) electrons. The van der Waals surface area contributed by atoms with Gasteiger partial charge >= 0.3 is 0 Å². The molecule has 3 heterocycles. The van der Waals surface area contributed by atoms with Crippen molar-refractivity contribution in [2.75, 3.05) is 6.54 Å². The molecule has 0 saturated carbocycles. The van der Waals surface area contributed by atoms with Crippen molar-refractivity contribution in [3.8, 4) is 0 Å². The predicted octanol–water partition coefficient (Wildman–Crippen LogP) is 2.28. The van der Waals surface area contributed by atoms with Crippen LogP contribution in [-0.4, -0.2) is 32.3 Å². The molecule has 3 rings (SSSR count). The van der Waals surface area contributed by atoms with E-state index in [1.54, 1.807) is 17.7 Å². The molecule has 3 aromatic heterocycles. The standard InChI is InChI=1S/C17H20N4O2S/c1-10-8-12(14-11(2)20-21(4)15(14)19-10)16(22)18-9-17(3,23)13-6-5-7-24-13/h5-8,23H,9H2,1-4H3,(H,18,22). The van der Waals surface area contributed by atoms with Crippen molar-refractivity contribution >= 4 is 28.3 Å². The number of aromatic nitrogens is 3. The van der Waals surface area contributed by atoms with Crippen LogP contribution in [0.5, 0.6) is 0 Å². The second-order valence-electron chi connectivity index (χ2n) is 6.15. The summed E-state index contributed by atoms with van der Waals surface area (Å²) in [6.45, 7) is 5.54. The van der Waals surface area contributed by atoms with Gasteiger partial charge in [-0.3, -0.25) is 9.48 Å². The number of nitrogens with zero attached hydrogens (tertiary/aromatic N) is 3. The Bertz CT molecular complexity index is 897. The van der Waals surface area contributed by atoms with Crippen LogP contribution in [0.3, 0.4) is 0 Å². The average Bonchev–Trinajstić information content (AvgIpc) is 3.14. The Labute approximate surface area is 144 Å². The molecule has 1 atom stereocenters. The van der Waals surface area contributed by atoms with Crippen molar-refractivity contribution in [3.63, 3.8) is 0 Å². The Hall–Kier alpha value is -2.25. The van der Waals surface area contributed by atoms with Crippen molar-refractivity contribution in [3.05, 3.63) is 45.4 Å². The van der Waals surface area contributed by atoms with Gasteiger partial charge in [0.1, 0.15) is 5.60 Å². The molecule has 126 valence electrons. The predicted molar refractivity (Wildman–Crippen MR) is 94.2 cm³/mol. The maximum atomic E-state index is 12.7. The first kappa shape index (κ1) is 16.6. The fourth-order valence-corrected chi connectivity index (χ4v) is 3.56. The van der Waals surface area contributed by atoms with Gasteiger partial charge in [0.15, 0.2) is 5.65 Å². The number of amides is 1. The molecule has 0 fully saturated rings. The Morgan fingerprint density at radius 2 is 2.21 bits per heavy atom. The van der Waals surface area contributed by atoms with E-state index in [4.69, 9.17) is 0 Å². The molecule has 0 aliphatic carbocycles. The summed E-state index contributed by atoms with van der Waals surface area (Å²) in [4.78, 5) is 18.0. The van der Waals surface area contributed by atoms with E-state index in [0.717, 1.165) is 21.7 Å². The monoisotopic (exact) mass is 344 g/mol. The number of fused-ring (bicyclic) bond motifs is 1. The quantitative estimate of drug-likeness (QED) is 0.761. The Morgan fingerprint density at radius 1 is 1.46 bits per heavy atom. The first-order valence-electron chi connectivity index (χ1n) is 7.65. The third-order valence-corrected chi connectivity index (χ3v) is 5.11. The SMILES string of the molecule is Cc1cc(C(=O)NCC(C)(O)c2cccs2)c2c(C)nn(C)c2n1. The fraction of sp³-hybridized carbons (Fsp3) is 0.353. The number of nitrogens with one attached hydrogen (secondary N) is 1. The Kier molecular flexibility index (Phi) is 4.15. The van der Waals surface area contributed by atoms with Gasteiger partial charge in [-0.2, -0.15) is 5.10 Å². The summed E-state index contributed by atoms with van der Waals surface area (Å²) >= 11 is 1.46. The Balaban J connectivity index is 1.89. The van der Waals surface area contributed by atoms with Gasteiger partial charge in [0.2, 0.25) is 0 Å². The summed E-state index contributed by atoms with van der Waals surface area (Å²) in [7, 11) is 1.81. The molecule has 0 bridgehead atoms. The number of aliphatic hydroxyl groups is 1. The smallest absolute Gasteiger partial charge is 0.252 e. The van der Waals surface area contributed by atoms with E-state index >= 15 is 0 Å². The summed E-state index contributed by atoms with van der Waals surface area (Å²) < 4.78 is 1.68. The minimum absolute atomic E-state index is 0.133. The van der Waals surface area contributed by atoms with Crippen LogP contribution in [0.1, 0.15) is 33.5 Å². The molecule has 24 heavy (non-hydrogen) atoms. The summed E-state index contributed by atoms with van der Waals surface area (Å²) in [6.07, 6.45) is 0. The van der Waals surface area contributed by atoms with Crippen molar-refractivity contribution in [2.45, 2.75) is 26.4 Å². The second kappa shape index (κ2) is 5.99. The highest BCUT2D eigenvalue weighted by molar-refractivity contribution is 7.10. The lowest BCUT2D eigenvalue weighted by Crippen LogP contribution is -2.38. The van der Waals surface area contributed by atoms with Crippen LogP contribution < -0.4 is 5.32 Å². The first-order valence-corrected chi connectivity index (χ1v) is 8.53. The number of hydrogen-bond donors (Lipinski definition) is 2. The van der Waals surface area contributed by atoms with Gasteiger partial charge in [0, 0.05) is 17.6 Å². The minimum atomic E-state index is -1.10. The van der Waals surface area contributed by atoms with Crippen LogP contribution >= 0.6 is 11.3 Å². The minimum Gasteiger partial charge on any atom is -0.383 e. The van der Waals surface area contributed by atoms with Crippen LogP contribution in [0, 0.1) is 13.8 Å². The number of hydrogen-bond acceptors (Lipinski definition) is 5. The van der Waals surface area contributed by atoms with Gasteiger partial charge in [-0.25, -0.2) is 4.98 Å². The van der Waals surface area contributed by atoms with E-state index < -0.39 is 5.60 Å². The maximum absolute atomic E-state index is 12.7. The lowest BCUT2D eigenvalue weighted by molar-refractivity contribution is 0.0557. The normalized spacial score (nSPS) is 13.9. The van der Waals surface area contributed by atoms with Crippen LogP contribution in [0.2, 0.25) is 0 Å². The zero-order valence-corrected chi connectivity index (χ0v) is 14.9. The molecular formula is C17H20N4O2S. The molecule has 0 aliphatic heterocycles. The van der Waals surface area contributed by atoms with Crippen molar-refractivity contribution < 1.29 is 9.90 Å². The molecule has 0 saturated heterocycles. The number of aryl methyl sites for hydroxylation is 3. The number of carbonyl (C=O) groups excluding carboxylic acids is 1. The molecule has 0 aromatic carbocycles. The summed E-state index contributed by atoms with van der Waals surface area (Å²) in [6, 6.07) is 5.49. The van der Waals surface area contributed by atoms with E-state index in [1.807, 2.05) is 38.4 Å². The van der Waals surface area contributed by atoms with Gasteiger partial charge in [0.05, 0.1) is 23.2 Å². The van der Waals surface area contributed by atoms with Crippen LogP contribution in [0.15, 0.2) is 23.6 Å². The third kappa shape index (κ3) is 2.92. The number of carbonyl (C=O) groups is 1. The largest absolute Gasteiger partial charge is 0.383 e. The fourth-order valence-electron chi connectivity index (χ4n) is 2.77. The molecule has 1 amide bonds. The zero-order chi connectivity index (χ0) is 17.5. The number of pyridine rings is 1. The summed E-state index contributed by atoms with van der Waals surface area (Å²) in [5.74, 6) is -0.238. The highest BCUT2D eigenvalue weighted by atomic mass is 32.1. The first-order chi connectivity index (χ1) is 11.3. The van der Waals surface area contributed by atoms with Gasteiger partial charge < -0.3 is 10.4 Å². The van der Waals surface area contributed by atoms with E-state index in [9.17, 15) is 9.90 Å². The molecule has 2 N–H and O–H groups in total. The number of thiophene rings is 1. The van der Waals surface area contributed by atoms with E-state index in [2.05, 4.69) is 15.4 Å². The Morgan fingerprint density at radius 3 is 2.88 bits per heavy atom. The molecule has 0 aliphatic rings. The average molecular weight is 344 g/mol. The van der Waals surface area contributed by atoms with E-state index in [1.165, 1.54) is 11.3 Å². The molecular weight excluding hydrogens is 324 g/mol. The molecule has 6 nitrogen and oxygen atoms in total. The van der Waals surface area contributed by atoms with Crippen molar-refractivity contribution in [1.29, 1.82) is 0 Å².